The van der Waals surface area contributed by atoms with Crippen LogP contribution in [0.5, 0.6) is 0 Å². The van der Waals surface area contributed by atoms with Gasteiger partial charge in [0.05, 0.1) is 17.6 Å². The molecule has 1 aromatic carbocycles. The van der Waals surface area contributed by atoms with Crippen LogP contribution in [-0.4, -0.2) is 37.5 Å². The standard InChI is InChI=1S/C22H25N5O2S/c1-13(17-10-14-7-8-15(17)9-14)24-19(28)12-30-22-25-20-18(21(29)26-22)11-23-27(20)16-5-3-2-4-6-16/h2-6,11,13-15,17H,7-10,12H2,1H3,(H,24,28)(H,25,26,29). The van der Waals surface area contributed by atoms with Gasteiger partial charge < -0.3 is 10.3 Å². The van der Waals surface area contributed by atoms with Gasteiger partial charge in [-0.1, -0.05) is 36.4 Å². The number of hydrogen-bond acceptors (Lipinski definition) is 5. The number of nitrogens with one attached hydrogen (secondary N) is 2. The molecule has 3 aromatic rings. The lowest BCUT2D eigenvalue weighted by molar-refractivity contribution is -0.119. The fourth-order valence-electron chi connectivity index (χ4n) is 5.17. The Bertz CT molecular complexity index is 1130. The summed E-state index contributed by atoms with van der Waals surface area (Å²) in [6.07, 6.45) is 6.77. The van der Waals surface area contributed by atoms with Gasteiger partial charge in [-0.05, 0) is 56.1 Å². The Balaban J connectivity index is 1.27. The number of rotatable bonds is 6. The van der Waals surface area contributed by atoms with Crippen molar-refractivity contribution in [2.24, 2.45) is 17.8 Å². The Hall–Kier alpha value is -2.61. The maximum atomic E-state index is 12.5. The highest BCUT2D eigenvalue weighted by molar-refractivity contribution is 7.99. The first-order valence-corrected chi connectivity index (χ1v) is 11.5. The number of benzene rings is 1. The summed E-state index contributed by atoms with van der Waals surface area (Å²) in [4.78, 5) is 32.3. The normalized spacial score (nSPS) is 23.7. The SMILES string of the molecule is CC(NC(=O)CSc1nc2c(cnn2-c2ccccc2)c(=O)[nH]1)C1CC2CCC1C2. The molecule has 0 spiro atoms. The first kappa shape index (κ1) is 19.4. The third-order valence-electron chi connectivity index (χ3n) is 6.58. The van der Waals surface area contributed by atoms with E-state index >= 15 is 0 Å². The van der Waals surface area contributed by atoms with E-state index in [0.717, 1.165) is 17.5 Å². The van der Waals surface area contributed by atoms with Crippen molar-refractivity contribution in [3.05, 3.63) is 46.9 Å². The molecule has 8 heteroatoms. The largest absolute Gasteiger partial charge is 0.353 e. The predicted molar refractivity (Wildman–Crippen MR) is 117 cm³/mol. The van der Waals surface area contributed by atoms with Gasteiger partial charge in [0.15, 0.2) is 10.8 Å². The summed E-state index contributed by atoms with van der Waals surface area (Å²) in [7, 11) is 0. The molecular formula is C22H25N5O2S. The molecule has 2 bridgehead atoms. The van der Waals surface area contributed by atoms with Crippen LogP contribution in [0.25, 0.3) is 16.7 Å². The molecule has 2 heterocycles. The molecule has 2 saturated carbocycles. The average molecular weight is 424 g/mol. The van der Waals surface area contributed by atoms with Crippen LogP contribution < -0.4 is 10.9 Å². The van der Waals surface area contributed by atoms with Crippen molar-refractivity contribution in [1.29, 1.82) is 0 Å². The van der Waals surface area contributed by atoms with Gasteiger partial charge in [0, 0.05) is 6.04 Å². The van der Waals surface area contributed by atoms with Crippen LogP contribution in [-0.2, 0) is 4.79 Å². The maximum absolute atomic E-state index is 12.5. The van der Waals surface area contributed by atoms with Crippen molar-refractivity contribution in [3.63, 3.8) is 0 Å². The molecule has 2 aromatic heterocycles. The monoisotopic (exact) mass is 423 g/mol. The first-order valence-electron chi connectivity index (χ1n) is 10.5. The summed E-state index contributed by atoms with van der Waals surface area (Å²) in [6.45, 7) is 2.12. The van der Waals surface area contributed by atoms with Gasteiger partial charge in [0.1, 0.15) is 5.39 Å². The number of carbonyl (C=O) groups excluding carboxylic acids is 1. The van der Waals surface area contributed by atoms with Gasteiger partial charge in [-0.25, -0.2) is 9.67 Å². The Labute approximate surface area is 178 Å². The lowest BCUT2D eigenvalue weighted by atomic mass is 9.84. The van der Waals surface area contributed by atoms with E-state index < -0.39 is 0 Å². The molecule has 4 atom stereocenters. The molecule has 0 radical (unpaired) electrons. The Morgan fingerprint density at radius 2 is 2.13 bits per heavy atom. The fraction of sp³-hybridized carbons (Fsp3) is 0.455. The molecule has 7 nitrogen and oxygen atoms in total. The lowest BCUT2D eigenvalue weighted by Gasteiger charge is -2.28. The molecule has 4 unspecified atom stereocenters. The van der Waals surface area contributed by atoms with Gasteiger partial charge in [-0.15, -0.1) is 0 Å². The summed E-state index contributed by atoms with van der Waals surface area (Å²) >= 11 is 1.24. The maximum Gasteiger partial charge on any atom is 0.262 e. The van der Waals surface area contributed by atoms with Crippen molar-refractivity contribution in [1.82, 2.24) is 25.1 Å². The number of hydrogen-bond donors (Lipinski definition) is 2. The highest BCUT2D eigenvalue weighted by atomic mass is 32.2. The topological polar surface area (TPSA) is 92.7 Å². The fourth-order valence-corrected chi connectivity index (χ4v) is 5.83. The Kier molecular flexibility index (Phi) is 5.10. The summed E-state index contributed by atoms with van der Waals surface area (Å²) in [5, 5.41) is 8.33. The molecule has 5 rings (SSSR count). The number of amides is 1. The minimum atomic E-state index is -0.250. The van der Waals surface area contributed by atoms with Gasteiger partial charge in [0.2, 0.25) is 5.91 Å². The van der Waals surface area contributed by atoms with Crippen LogP contribution >= 0.6 is 11.8 Å². The zero-order chi connectivity index (χ0) is 20.7. The van der Waals surface area contributed by atoms with Crippen molar-refractivity contribution >= 4 is 28.7 Å². The number of aromatic amines is 1. The van der Waals surface area contributed by atoms with E-state index in [4.69, 9.17) is 0 Å². The van der Waals surface area contributed by atoms with Crippen molar-refractivity contribution < 1.29 is 4.79 Å². The minimum Gasteiger partial charge on any atom is -0.353 e. The van der Waals surface area contributed by atoms with E-state index in [2.05, 4.69) is 27.3 Å². The van der Waals surface area contributed by atoms with Crippen LogP contribution in [0.1, 0.15) is 32.6 Å². The van der Waals surface area contributed by atoms with Crippen LogP contribution in [0.4, 0.5) is 0 Å². The second kappa shape index (κ2) is 7.91. The number of para-hydroxylation sites is 1. The molecule has 0 aliphatic heterocycles. The van der Waals surface area contributed by atoms with Crippen molar-refractivity contribution in [3.8, 4) is 5.69 Å². The van der Waals surface area contributed by atoms with Crippen molar-refractivity contribution in [2.75, 3.05) is 5.75 Å². The lowest BCUT2D eigenvalue weighted by Crippen LogP contribution is -2.40. The zero-order valence-corrected chi connectivity index (χ0v) is 17.7. The first-order chi connectivity index (χ1) is 14.6. The highest BCUT2D eigenvalue weighted by Crippen LogP contribution is 2.49. The Morgan fingerprint density at radius 1 is 1.30 bits per heavy atom. The molecule has 1 amide bonds. The number of thioether (sulfide) groups is 1. The molecule has 2 N–H and O–H groups in total. The highest BCUT2D eigenvalue weighted by Gasteiger charge is 2.42. The number of aromatic nitrogens is 4. The quantitative estimate of drug-likeness (QED) is 0.469. The minimum absolute atomic E-state index is 0.0189. The molecule has 2 aliphatic rings. The van der Waals surface area contributed by atoms with E-state index in [1.165, 1.54) is 43.6 Å². The molecule has 0 saturated heterocycles. The molecule has 2 aliphatic carbocycles. The van der Waals surface area contributed by atoms with E-state index in [9.17, 15) is 9.59 Å². The van der Waals surface area contributed by atoms with E-state index in [1.54, 1.807) is 4.68 Å². The second-order valence-electron chi connectivity index (χ2n) is 8.48. The van der Waals surface area contributed by atoms with Crippen LogP contribution in [0.3, 0.4) is 0 Å². The molecule has 2 fully saturated rings. The average Bonchev–Trinajstić information content (AvgIpc) is 3.48. The molecule has 30 heavy (non-hydrogen) atoms. The number of nitrogens with zero attached hydrogens (tertiary/aromatic N) is 3. The van der Waals surface area contributed by atoms with Crippen molar-refractivity contribution in [2.45, 2.75) is 43.8 Å². The number of carbonyl (C=O) groups is 1. The summed E-state index contributed by atoms with van der Waals surface area (Å²) < 4.78 is 1.64. The van der Waals surface area contributed by atoms with Gasteiger partial charge >= 0.3 is 0 Å². The van der Waals surface area contributed by atoms with Crippen LogP contribution in [0.15, 0.2) is 46.5 Å². The smallest absolute Gasteiger partial charge is 0.262 e. The van der Waals surface area contributed by atoms with E-state index in [0.29, 0.717) is 22.1 Å². The van der Waals surface area contributed by atoms with E-state index in [1.807, 2.05) is 30.3 Å². The predicted octanol–water partition coefficient (Wildman–Crippen LogP) is 3.14. The van der Waals surface area contributed by atoms with Gasteiger partial charge in [0.25, 0.3) is 5.56 Å². The van der Waals surface area contributed by atoms with Gasteiger partial charge in [-0.3, -0.25) is 9.59 Å². The summed E-state index contributed by atoms with van der Waals surface area (Å²) in [6, 6.07) is 9.76. The molecular weight excluding hydrogens is 398 g/mol. The second-order valence-corrected chi connectivity index (χ2v) is 9.45. The number of H-pyrrole nitrogens is 1. The zero-order valence-electron chi connectivity index (χ0n) is 16.9. The summed E-state index contributed by atoms with van der Waals surface area (Å²) in [5.41, 5.74) is 1.07. The Morgan fingerprint density at radius 3 is 2.87 bits per heavy atom. The third-order valence-corrected chi connectivity index (χ3v) is 7.45. The number of fused-ring (bicyclic) bond motifs is 3. The van der Waals surface area contributed by atoms with Gasteiger partial charge in [-0.2, -0.15) is 5.10 Å². The third kappa shape index (κ3) is 3.64. The summed E-state index contributed by atoms with van der Waals surface area (Å²) in [5.74, 6) is 2.45. The van der Waals surface area contributed by atoms with E-state index in [-0.39, 0.29) is 23.3 Å². The van der Waals surface area contributed by atoms with Crippen LogP contribution in [0, 0.1) is 17.8 Å². The van der Waals surface area contributed by atoms with Crippen LogP contribution in [0.2, 0.25) is 0 Å². The molecule has 156 valence electrons.